The Morgan fingerprint density at radius 1 is 1.17 bits per heavy atom. The summed E-state index contributed by atoms with van der Waals surface area (Å²) in [6.07, 6.45) is 3.92. The molecule has 1 aliphatic heterocycles. The number of aliphatic hydroxyl groups excluding tert-OH is 2. The molecule has 0 radical (unpaired) electrons. The summed E-state index contributed by atoms with van der Waals surface area (Å²) in [4.78, 5) is 25.7. The fourth-order valence-corrected chi connectivity index (χ4v) is 2.89. The summed E-state index contributed by atoms with van der Waals surface area (Å²) in [5.74, 6) is -0.951. The molecule has 24 heavy (non-hydrogen) atoms. The molecule has 0 spiro atoms. The summed E-state index contributed by atoms with van der Waals surface area (Å²) in [6.45, 7) is 0.887. The minimum Gasteiger partial charge on any atom is -0.467 e. The van der Waals surface area contributed by atoms with Crippen LogP contribution in [0.2, 0.25) is 0 Å². The lowest BCUT2D eigenvalue weighted by Crippen LogP contribution is -2.50. The van der Waals surface area contributed by atoms with Gasteiger partial charge in [-0.15, -0.1) is 0 Å². The van der Waals surface area contributed by atoms with Gasteiger partial charge in [0, 0.05) is 13.1 Å². The number of likely N-dealkylation sites (tertiary alicyclic amines) is 1. The maximum absolute atomic E-state index is 12.3. The van der Waals surface area contributed by atoms with Crippen molar-refractivity contribution in [3.8, 4) is 0 Å². The second-order valence-electron chi connectivity index (χ2n) is 5.92. The molecular weight excluding hydrogens is 312 g/mol. The lowest BCUT2D eigenvalue weighted by Gasteiger charge is -2.22. The van der Waals surface area contributed by atoms with Crippen molar-refractivity contribution in [2.24, 2.45) is 0 Å². The quantitative estimate of drug-likeness (QED) is 0.710. The van der Waals surface area contributed by atoms with Gasteiger partial charge >= 0.3 is 0 Å². The van der Waals surface area contributed by atoms with Crippen molar-refractivity contribution in [1.29, 1.82) is 0 Å². The molecule has 2 atom stereocenters. The molecule has 0 saturated carbocycles. The Morgan fingerprint density at radius 2 is 1.83 bits per heavy atom. The van der Waals surface area contributed by atoms with Crippen molar-refractivity contribution >= 4 is 11.8 Å². The smallest absolute Gasteiger partial charge is 0.255 e. The molecule has 1 aliphatic carbocycles. The average molecular weight is 332 g/mol. The largest absolute Gasteiger partial charge is 0.467 e. The van der Waals surface area contributed by atoms with Crippen molar-refractivity contribution in [2.75, 3.05) is 13.1 Å². The molecule has 1 saturated heterocycles. The molecule has 2 amide bonds. The molecular formula is C17H20N2O5. The van der Waals surface area contributed by atoms with E-state index in [0.29, 0.717) is 18.8 Å². The highest BCUT2D eigenvalue weighted by Crippen LogP contribution is 2.27. The fourth-order valence-electron chi connectivity index (χ4n) is 2.89. The van der Waals surface area contributed by atoms with Crippen LogP contribution in [0.4, 0.5) is 0 Å². The first-order chi connectivity index (χ1) is 11.6. The monoisotopic (exact) mass is 332 g/mol. The van der Waals surface area contributed by atoms with Gasteiger partial charge in [-0.3, -0.25) is 9.59 Å². The molecule has 0 aromatic carbocycles. The molecule has 0 unspecified atom stereocenters. The van der Waals surface area contributed by atoms with Gasteiger partial charge in [0.2, 0.25) is 0 Å². The molecule has 1 fully saturated rings. The van der Waals surface area contributed by atoms with Gasteiger partial charge in [-0.2, -0.15) is 0 Å². The Balaban J connectivity index is 1.55. The summed E-state index contributed by atoms with van der Waals surface area (Å²) in [5.41, 5.74) is 2.16. The highest BCUT2D eigenvalue weighted by Gasteiger charge is 2.36. The summed E-state index contributed by atoms with van der Waals surface area (Å²) in [7, 11) is 0. The van der Waals surface area contributed by atoms with E-state index < -0.39 is 24.0 Å². The summed E-state index contributed by atoms with van der Waals surface area (Å²) < 4.78 is 5.06. The Bertz CT molecular complexity index is 655. The normalized spacial score (nSPS) is 19.2. The van der Waals surface area contributed by atoms with Crippen LogP contribution in [-0.4, -0.2) is 52.2 Å². The minimum absolute atomic E-state index is 0.0767. The zero-order valence-electron chi connectivity index (χ0n) is 13.1. The van der Waals surface area contributed by atoms with Crippen molar-refractivity contribution in [3.63, 3.8) is 0 Å². The maximum atomic E-state index is 12.3. The second-order valence-corrected chi connectivity index (χ2v) is 5.92. The predicted molar refractivity (Wildman–Crippen MR) is 84.5 cm³/mol. The number of nitrogens with one attached hydrogen (secondary N) is 1. The molecule has 7 heteroatoms. The highest BCUT2D eigenvalue weighted by molar-refractivity contribution is 5.91. The van der Waals surface area contributed by atoms with E-state index in [1.807, 2.05) is 0 Å². The van der Waals surface area contributed by atoms with Crippen LogP contribution in [-0.2, 0) is 16.1 Å². The number of hydrogen-bond donors (Lipinski definition) is 3. The molecule has 0 bridgehead atoms. The van der Waals surface area contributed by atoms with Crippen molar-refractivity contribution in [2.45, 2.75) is 31.6 Å². The van der Waals surface area contributed by atoms with Crippen LogP contribution in [0.15, 0.2) is 46.1 Å². The first-order valence-corrected chi connectivity index (χ1v) is 7.89. The lowest BCUT2D eigenvalue weighted by molar-refractivity contribution is -0.152. The second kappa shape index (κ2) is 7.02. The van der Waals surface area contributed by atoms with Crippen LogP contribution in [0.5, 0.6) is 0 Å². The third kappa shape index (κ3) is 3.42. The summed E-state index contributed by atoms with van der Waals surface area (Å²) in [6, 6.07) is 3.34. The minimum atomic E-state index is -1.82. The van der Waals surface area contributed by atoms with E-state index in [0.717, 1.165) is 24.0 Å². The molecule has 2 heterocycles. The number of nitrogens with zero attached hydrogens (tertiary/aromatic N) is 1. The van der Waals surface area contributed by atoms with Crippen LogP contribution >= 0.6 is 0 Å². The Kier molecular flexibility index (Phi) is 4.82. The van der Waals surface area contributed by atoms with E-state index in [1.165, 1.54) is 11.2 Å². The van der Waals surface area contributed by atoms with E-state index in [1.54, 1.807) is 12.1 Å². The van der Waals surface area contributed by atoms with Gasteiger partial charge < -0.3 is 24.8 Å². The van der Waals surface area contributed by atoms with Gasteiger partial charge in [0.25, 0.3) is 11.8 Å². The number of hydrogen-bond acceptors (Lipinski definition) is 5. The summed E-state index contributed by atoms with van der Waals surface area (Å²) >= 11 is 0. The molecule has 7 nitrogen and oxygen atoms in total. The Labute approximate surface area is 139 Å². The number of furan rings is 1. The van der Waals surface area contributed by atoms with Crippen LogP contribution < -0.4 is 5.32 Å². The summed E-state index contributed by atoms with van der Waals surface area (Å²) in [5, 5.41) is 22.4. The maximum Gasteiger partial charge on any atom is 0.255 e. The van der Waals surface area contributed by atoms with E-state index >= 15 is 0 Å². The standard InChI is InChI=1S/C17H20N2O5/c20-14(16(22)18-8-13-6-3-7-24-13)15(21)17(23)19-9-11-4-1-2-5-12(11)10-19/h3-7,14-15,20-21H,1-2,8-10H2,(H,18,22)/t14-,15-/m1/s1. The third-order valence-corrected chi connectivity index (χ3v) is 4.23. The Hall–Kier alpha value is -2.38. The number of allylic oxidation sites excluding steroid dienone is 2. The van der Waals surface area contributed by atoms with Gasteiger partial charge in [0.1, 0.15) is 5.76 Å². The first-order valence-electron chi connectivity index (χ1n) is 7.89. The van der Waals surface area contributed by atoms with Gasteiger partial charge in [-0.25, -0.2) is 0 Å². The topological polar surface area (TPSA) is 103 Å². The van der Waals surface area contributed by atoms with Gasteiger partial charge in [-0.1, -0.05) is 12.2 Å². The number of rotatable bonds is 5. The van der Waals surface area contributed by atoms with Crippen LogP contribution in [0, 0.1) is 0 Å². The van der Waals surface area contributed by atoms with Crippen LogP contribution in [0.1, 0.15) is 18.6 Å². The molecule has 128 valence electrons. The number of carbonyl (C=O) groups is 2. The van der Waals surface area contributed by atoms with Crippen LogP contribution in [0.3, 0.4) is 0 Å². The van der Waals surface area contributed by atoms with Gasteiger partial charge in [0.05, 0.1) is 12.8 Å². The van der Waals surface area contributed by atoms with Crippen molar-refractivity contribution < 1.29 is 24.2 Å². The fraction of sp³-hybridized carbons (Fsp3) is 0.412. The molecule has 1 aromatic rings. The number of carbonyl (C=O) groups excluding carboxylic acids is 2. The predicted octanol–water partition coefficient (Wildman–Crippen LogP) is 0.106. The van der Waals surface area contributed by atoms with Gasteiger partial charge in [0.15, 0.2) is 12.2 Å². The third-order valence-electron chi connectivity index (χ3n) is 4.23. The molecule has 2 aliphatic rings. The van der Waals surface area contributed by atoms with Crippen molar-refractivity contribution in [1.82, 2.24) is 10.2 Å². The zero-order valence-corrected chi connectivity index (χ0v) is 13.1. The highest BCUT2D eigenvalue weighted by atomic mass is 16.3. The number of amides is 2. The molecule has 1 aromatic heterocycles. The van der Waals surface area contributed by atoms with E-state index in [2.05, 4.69) is 17.5 Å². The SMILES string of the molecule is O=C(NCc1ccco1)[C@H](O)[C@@H](O)C(=O)N1CC2=CCCC=C2C1. The van der Waals surface area contributed by atoms with Crippen LogP contribution in [0.25, 0.3) is 0 Å². The number of fused-ring (bicyclic) bond motifs is 1. The van der Waals surface area contributed by atoms with E-state index in [-0.39, 0.29) is 6.54 Å². The zero-order chi connectivity index (χ0) is 17.1. The van der Waals surface area contributed by atoms with Crippen molar-refractivity contribution in [3.05, 3.63) is 47.5 Å². The van der Waals surface area contributed by atoms with E-state index in [9.17, 15) is 19.8 Å². The molecule has 3 N–H and O–H groups in total. The van der Waals surface area contributed by atoms with E-state index in [4.69, 9.17) is 4.42 Å². The Morgan fingerprint density at radius 3 is 2.42 bits per heavy atom. The lowest BCUT2D eigenvalue weighted by atomic mass is 10.0. The first kappa shape index (κ1) is 16.5. The number of aliphatic hydroxyl groups is 2. The molecule has 3 rings (SSSR count). The van der Waals surface area contributed by atoms with Gasteiger partial charge in [-0.05, 0) is 36.1 Å². The average Bonchev–Trinajstić information content (AvgIpc) is 3.26.